The molecule has 0 saturated heterocycles. The third-order valence-electron chi connectivity index (χ3n) is 1.98. The van der Waals surface area contributed by atoms with Crippen LogP contribution in [0.5, 0.6) is 0 Å². The van der Waals surface area contributed by atoms with E-state index in [1.807, 2.05) is 13.8 Å². The molecule has 0 spiro atoms. The first-order valence-corrected chi connectivity index (χ1v) is 6.09. The van der Waals surface area contributed by atoms with E-state index in [9.17, 15) is 9.36 Å². The molecule has 0 aliphatic heterocycles. The van der Waals surface area contributed by atoms with Crippen molar-refractivity contribution in [2.24, 2.45) is 0 Å². The average Bonchev–Trinajstić information content (AvgIpc) is 2.11. The van der Waals surface area contributed by atoms with Gasteiger partial charge in [0.05, 0.1) is 0 Å². The lowest BCUT2D eigenvalue weighted by atomic mass is 10.1. The normalized spacial score (nSPS) is 22.5. The van der Waals surface area contributed by atoms with Gasteiger partial charge in [0.15, 0.2) is 5.78 Å². The fraction of sp³-hybridized carbons (Fsp3) is 0.625. The molecule has 1 atom stereocenters. The summed E-state index contributed by atoms with van der Waals surface area (Å²) in [5.41, 5.74) is 0. The van der Waals surface area contributed by atoms with Gasteiger partial charge < -0.3 is 4.52 Å². The van der Waals surface area contributed by atoms with Crippen LogP contribution in [-0.4, -0.2) is 24.2 Å². The van der Waals surface area contributed by atoms with Crippen molar-refractivity contribution in [3.63, 3.8) is 0 Å². The molecule has 0 fully saturated rings. The standard InChI is InChI=1S/C8H13O3P/c1-3-12(10,4-2)11-8-6-5-7(8)9/h5-6,8H,3-4H2,1-2H3. The summed E-state index contributed by atoms with van der Waals surface area (Å²) < 4.78 is 16.9. The first-order chi connectivity index (χ1) is 5.61. The van der Waals surface area contributed by atoms with E-state index >= 15 is 0 Å². The highest BCUT2D eigenvalue weighted by molar-refractivity contribution is 7.58. The van der Waals surface area contributed by atoms with Gasteiger partial charge in [-0.1, -0.05) is 13.8 Å². The number of carbonyl (C=O) groups is 1. The molecule has 0 N–H and O–H groups in total. The van der Waals surface area contributed by atoms with Gasteiger partial charge >= 0.3 is 0 Å². The van der Waals surface area contributed by atoms with Crippen molar-refractivity contribution >= 4 is 13.2 Å². The Morgan fingerprint density at radius 1 is 1.50 bits per heavy atom. The molecule has 4 heteroatoms. The molecule has 0 aromatic carbocycles. The van der Waals surface area contributed by atoms with Crippen molar-refractivity contribution in [3.05, 3.63) is 12.2 Å². The number of hydrogen-bond donors (Lipinski definition) is 0. The SMILES string of the molecule is CCP(=O)(CC)OC1C=CC1=O. The third-order valence-corrected chi connectivity index (χ3v) is 4.52. The summed E-state index contributed by atoms with van der Waals surface area (Å²) in [5.74, 6) is -0.0721. The molecule has 12 heavy (non-hydrogen) atoms. The first-order valence-electron chi connectivity index (χ1n) is 4.10. The molecule has 0 aromatic heterocycles. The van der Waals surface area contributed by atoms with Crippen molar-refractivity contribution in [2.75, 3.05) is 12.3 Å². The minimum atomic E-state index is -2.51. The van der Waals surface area contributed by atoms with Crippen molar-refractivity contribution in [2.45, 2.75) is 20.0 Å². The van der Waals surface area contributed by atoms with Crippen LogP contribution in [0.15, 0.2) is 12.2 Å². The lowest BCUT2D eigenvalue weighted by Crippen LogP contribution is -2.26. The molecule has 0 radical (unpaired) electrons. The summed E-state index contributed by atoms with van der Waals surface area (Å²) in [5, 5.41) is 0. The fourth-order valence-corrected chi connectivity index (χ4v) is 2.25. The maximum absolute atomic E-state index is 11.7. The van der Waals surface area contributed by atoms with Gasteiger partial charge in [-0.05, 0) is 12.2 Å². The van der Waals surface area contributed by atoms with Gasteiger partial charge in [-0.25, -0.2) is 0 Å². The van der Waals surface area contributed by atoms with E-state index in [1.54, 1.807) is 6.08 Å². The van der Waals surface area contributed by atoms with Crippen molar-refractivity contribution in [1.82, 2.24) is 0 Å². The van der Waals surface area contributed by atoms with E-state index in [-0.39, 0.29) is 5.78 Å². The Bertz CT molecular complexity index is 249. The molecule has 1 aliphatic carbocycles. The highest BCUT2D eigenvalue weighted by Crippen LogP contribution is 2.48. The molecule has 0 heterocycles. The highest BCUT2D eigenvalue weighted by Gasteiger charge is 2.29. The Labute approximate surface area is 72.2 Å². The van der Waals surface area contributed by atoms with Crippen LogP contribution < -0.4 is 0 Å². The van der Waals surface area contributed by atoms with Crippen LogP contribution in [-0.2, 0) is 13.9 Å². The molecule has 3 nitrogen and oxygen atoms in total. The summed E-state index contributed by atoms with van der Waals surface area (Å²) in [6.45, 7) is 3.63. The number of carbonyl (C=O) groups excluding carboxylic acids is 1. The third kappa shape index (κ3) is 1.85. The molecule has 0 saturated carbocycles. The molecule has 0 aromatic rings. The first kappa shape index (κ1) is 9.69. The van der Waals surface area contributed by atoms with Gasteiger partial charge in [0.2, 0.25) is 7.37 Å². The molecular formula is C8H13O3P. The number of ketones is 1. The number of hydrogen-bond acceptors (Lipinski definition) is 3. The molecule has 1 rings (SSSR count). The van der Waals surface area contributed by atoms with E-state index < -0.39 is 13.5 Å². The van der Waals surface area contributed by atoms with Gasteiger partial charge in [0.25, 0.3) is 0 Å². The van der Waals surface area contributed by atoms with E-state index in [1.165, 1.54) is 6.08 Å². The monoisotopic (exact) mass is 188 g/mol. The molecule has 0 amide bonds. The van der Waals surface area contributed by atoms with Crippen molar-refractivity contribution in [1.29, 1.82) is 0 Å². The second kappa shape index (κ2) is 3.55. The van der Waals surface area contributed by atoms with Crippen LogP contribution >= 0.6 is 7.37 Å². The van der Waals surface area contributed by atoms with Gasteiger partial charge in [-0.2, -0.15) is 0 Å². The van der Waals surface area contributed by atoms with Gasteiger partial charge in [0, 0.05) is 12.3 Å². The van der Waals surface area contributed by atoms with E-state index in [0.717, 1.165) is 0 Å². The minimum absolute atomic E-state index is 0.0721. The Morgan fingerprint density at radius 2 is 2.08 bits per heavy atom. The molecule has 0 bridgehead atoms. The fourth-order valence-electron chi connectivity index (χ4n) is 0.920. The summed E-state index contributed by atoms with van der Waals surface area (Å²) in [4.78, 5) is 10.8. The van der Waals surface area contributed by atoms with E-state index in [4.69, 9.17) is 4.52 Å². The lowest BCUT2D eigenvalue weighted by Gasteiger charge is -2.22. The Morgan fingerprint density at radius 3 is 2.33 bits per heavy atom. The zero-order chi connectivity index (χ0) is 9.19. The highest BCUT2D eigenvalue weighted by atomic mass is 31.2. The molecule has 1 aliphatic rings. The lowest BCUT2D eigenvalue weighted by molar-refractivity contribution is -0.121. The topological polar surface area (TPSA) is 43.4 Å². The largest absolute Gasteiger partial charge is 0.312 e. The van der Waals surface area contributed by atoms with Crippen LogP contribution in [0.3, 0.4) is 0 Å². The van der Waals surface area contributed by atoms with Crippen LogP contribution in [0.2, 0.25) is 0 Å². The van der Waals surface area contributed by atoms with Gasteiger partial charge in [-0.15, -0.1) is 0 Å². The summed E-state index contributed by atoms with van der Waals surface area (Å²) in [6, 6.07) is 0. The summed E-state index contributed by atoms with van der Waals surface area (Å²) in [7, 11) is -2.51. The molecule has 1 unspecified atom stereocenters. The Balaban J connectivity index is 2.55. The Kier molecular flexibility index (Phi) is 2.86. The minimum Gasteiger partial charge on any atom is -0.312 e. The van der Waals surface area contributed by atoms with Crippen LogP contribution in [0, 0.1) is 0 Å². The van der Waals surface area contributed by atoms with Gasteiger partial charge in [-0.3, -0.25) is 9.36 Å². The van der Waals surface area contributed by atoms with Crippen LogP contribution in [0.1, 0.15) is 13.8 Å². The maximum atomic E-state index is 11.7. The zero-order valence-electron chi connectivity index (χ0n) is 7.32. The summed E-state index contributed by atoms with van der Waals surface area (Å²) in [6.07, 6.45) is 3.55. The molecular weight excluding hydrogens is 175 g/mol. The summed E-state index contributed by atoms with van der Waals surface area (Å²) >= 11 is 0. The second-order valence-electron chi connectivity index (χ2n) is 2.73. The van der Waals surface area contributed by atoms with E-state index in [0.29, 0.717) is 12.3 Å². The maximum Gasteiger partial charge on any atom is 0.203 e. The average molecular weight is 188 g/mol. The predicted octanol–water partition coefficient (Wildman–Crippen LogP) is 1.83. The zero-order valence-corrected chi connectivity index (χ0v) is 8.21. The quantitative estimate of drug-likeness (QED) is 0.632. The second-order valence-corrected chi connectivity index (χ2v) is 5.84. The Hall–Kier alpha value is -0.400. The predicted molar refractivity (Wildman–Crippen MR) is 47.7 cm³/mol. The van der Waals surface area contributed by atoms with Gasteiger partial charge in [0.1, 0.15) is 6.10 Å². The number of rotatable bonds is 4. The smallest absolute Gasteiger partial charge is 0.203 e. The van der Waals surface area contributed by atoms with Crippen LogP contribution in [0.25, 0.3) is 0 Å². The van der Waals surface area contributed by atoms with Crippen LogP contribution in [0.4, 0.5) is 0 Å². The van der Waals surface area contributed by atoms with Crippen molar-refractivity contribution < 1.29 is 13.9 Å². The van der Waals surface area contributed by atoms with E-state index in [2.05, 4.69) is 0 Å². The molecule has 68 valence electrons. The van der Waals surface area contributed by atoms with Crippen molar-refractivity contribution in [3.8, 4) is 0 Å².